The van der Waals surface area contributed by atoms with E-state index >= 15 is 0 Å². The topological polar surface area (TPSA) is 163 Å². The van der Waals surface area contributed by atoms with E-state index < -0.39 is 42.4 Å². The Labute approximate surface area is 175 Å². The average Bonchev–Trinajstić information content (AvgIpc) is 3.10. The summed E-state index contributed by atoms with van der Waals surface area (Å²) in [6, 6.07) is 0. The van der Waals surface area contributed by atoms with Crippen LogP contribution in [-0.2, 0) is 33.3 Å². The second-order valence-corrected chi connectivity index (χ2v) is 7.52. The maximum absolute atomic E-state index is 11.8. The fourth-order valence-corrected chi connectivity index (χ4v) is 4.04. The van der Waals surface area contributed by atoms with Crippen molar-refractivity contribution in [2.75, 3.05) is 17.2 Å². The minimum atomic E-state index is -1.12. The zero-order valence-corrected chi connectivity index (χ0v) is 17.2. The van der Waals surface area contributed by atoms with Crippen molar-refractivity contribution in [3.05, 3.63) is 11.6 Å². The molecule has 0 bridgehead atoms. The third kappa shape index (κ3) is 4.26. The van der Waals surface area contributed by atoms with Gasteiger partial charge in [-0.15, -0.1) is 0 Å². The molecule has 30 heavy (non-hydrogen) atoms. The summed E-state index contributed by atoms with van der Waals surface area (Å²) >= 11 is 1.06. The highest BCUT2D eigenvalue weighted by Crippen LogP contribution is 2.50. The van der Waals surface area contributed by atoms with Crippen LogP contribution in [0.25, 0.3) is 0 Å². The van der Waals surface area contributed by atoms with Crippen molar-refractivity contribution >= 4 is 41.4 Å². The summed E-state index contributed by atoms with van der Waals surface area (Å²) in [7, 11) is 0. The van der Waals surface area contributed by atoms with Gasteiger partial charge in [0, 0.05) is 20.8 Å². The number of nitrogens with two attached hydrogens (primary N) is 1. The zero-order chi connectivity index (χ0) is 22.2. The summed E-state index contributed by atoms with van der Waals surface area (Å²) in [6.45, 7) is 7.26. The molecule has 0 unspecified atom stereocenters. The van der Waals surface area contributed by atoms with E-state index in [-0.39, 0.29) is 29.1 Å². The number of rotatable bonds is 5. The van der Waals surface area contributed by atoms with E-state index in [0.717, 1.165) is 11.8 Å². The Morgan fingerprint density at radius 2 is 1.80 bits per heavy atom. The molecule has 1 saturated heterocycles. The van der Waals surface area contributed by atoms with E-state index in [1.807, 2.05) is 0 Å². The van der Waals surface area contributed by atoms with Gasteiger partial charge in [-0.3, -0.25) is 19.3 Å². The predicted octanol–water partition coefficient (Wildman–Crippen LogP) is 0.299. The Hall–Kier alpha value is -3.06. The molecule has 2 aliphatic heterocycles. The summed E-state index contributed by atoms with van der Waals surface area (Å²) in [5, 5.41) is 10.5. The van der Waals surface area contributed by atoms with Gasteiger partial charge in [-0.2, -0.15) is 9.97 Å². The molecule has 1 aromatic rings. The normalized spacial score (nSPS) is 25.0. The molecule has 1 fully saturated rings. The number of nitrogens with zero attached hydrogens (tertiary/aromatic N) is 3. The molecule has 0 aromatic carbocycles. The lowest BCUT2D eigenvalue weighted by atomic mass is 10.1. The van der Waals surface area contributed by atoms with Crippen molar-refractivity contribution in [1.82, 2.24) is 9.97 Å². The Morgan fingerprint density at radius 3 is 2.40 bits per heavy atom. The number of carbonyl (C=O) groups excluding carboxylic acids is 3. The van der Waals surface area contributed by atoms with Crippen LogP contribution in [0.3, 0.4) is 0 Å². The fourth-order valence-electron chi connectivity index (χ4n) is 3.15. The molecule has 2 aliphatic rings. The monoisotopic (exact) mass is 440 g/mol. The highest BCUT2D eigenvalue weighted by atomic mass is 32.2. The maximum atomic E-state index is 11.8. The van der Waals surface area contributed by atoms with Gasteiger partial charge in [-0.1, -0.05) is 18.3 Å². The smallest absolute Gasteiger partial charge is 0.303 e. The van der Waals surface area contributed by atoms with Crippen molar-refractivity contribution < 1.29 is 38.4 Å². The Morgan fingerprint density at radius 1 is 1.17 bits per heavy atom. The van der Waals surface area contributed by atoms with Crippen LogP contribution in [0.15, 0.2) is 16.5 Å². The molecule has 3 N–H and O–H groups in total. The highest BCUT2D eigenvalue weighted by molar-refractivity contribution is 8.03. The van der Waals surface area contributed by atoms with Gasteiger partial charge in [0.1, 0.15) is 17.6 Å². The molecule has 0 radical (unpaired) electrons. The van der Waals surface area contributed by atoms with Crippen LogP contribution in [0.4, 0.5) is 11.8 Å². The minimum Gasteiger partial charge on any atom is -0.492 e. The van der Waals surface area contributed by atoms with E-state index in [1.165, 1.54) is 25.7 Å². The van der Waals surface area contributed by atoms with Crippen LogP contribution >= 0.6 is 11.8 Å². The fraction of sp³-hybridized carbons (Fsp3) is 0.471. The Bertz CT molecular complexity index is 910. The van der Waals surface area contributed by atoms with Crippen LogP contribution < -0.4 is 10.6 Å². The summed E-state index contributed by atoms with van der Waals surface area (Å²) in [6.07, 6.45) is -4.20. The largest absolute Gasteiger partial charge is 0.492 e. The van der Waals surface area contributed by atoms with E-state index in [4.69, 9.17) is 24.7 Å². The lowest BCUT2D eigenvalue weighted by Gasteiger charge is -2.30. The molecular formula is C17H20N4O8S. The van der Waals surface area contributed by atoms with Crippen LogP contribution in [-0.4, -0.2) is 64.1 Å². The molecule has 0 aliphatic carbocycles. The lowest BCUT2D eigenvalue weighted by Crippen LogP contribution is -2.46. The highest BCUT2D eigenvalue weighted by Gasteiger charge is 2.54. The zero-order valence-electron chi connectivity index (χ0n) is 16.4. The van der Waals surface area contributed by atoms with E-state index in [2.05, 4.69) is 16.5 Å². The quantitative estimate of drug-likeness (QED) is 0.475. The summed E-state index contributed by atoms with van der Waals surface area (Å²) in [5.74, 6) is -2.21. The first-order valence-electron chi connectivity index (χ1n) is 8.74. The van der Waals surface area contributed by atoms with Gasteiger partial charge in [-0.25, -0.2) is 0 Å². The Kier molecular flexibility index (Phi) is 6.03. The van der Waals surface area contributed by atoms with Crippen molar-refractivity contribution in [2.45, 2.75) is 50.2 Å². The molecule has 0 amide bonds. The number of thioether (sulfide) groups is 1. The van der Waals surface area contributed by atoms with Crippen LogP contribution in [0, 0.1) is 0 Å². The number of anilines is 2. The molecule has 4 atom stereocenters. The number of hydrogen-bond donors (Lipinski definition) is 2. The van der Waals surface area contributed by atoms with Gasteiger partial charge in [-0.05, 0) is 0 Å². The summed E-state index contributed by atoms with van der Waals surface area (Å²) < 4.78 is 21.7. The number of aromatic hydroxyl groups is 1. The van der Waals surface area contributed by atoms with Crippen LogP contribution in [0.1, 0.15) is 20.8 Å². The van der Waals surface area contributed by atoms with Crippen molar-refractivity contribution in [2.24, 2.45) is 0 Å². The van der Waals surface area contributed by atoms with E-state index in [9.17, 15) is 19.5 Å². The third-order valence-corrected chi connectivity index (χ3v) is 5.16. The van der Waals surface area contributed by atoms with Crippen molar-refractivity contribution in [1.29, 1.82) is 0 Å². The first kappa shape index (κ1) is 21.6. The van der Waals surface area contributed by atoms with Crippen molar-refractivity contribution in [3.63, 3.8) is 0 Å². The molecule has 13 heteroatoms. The van der Waals surface area contributed by atoms with Crippen LogP contribution in [0.2, 0.25) is 0 Å². The SMILES string of the molecule is C=C1Sc2c(O)nc(N)nc2N1[C@@H]1O[C@H](COC(C)=O)[C@H](OC(C)=O)[C@H]1OC(C)=O. The maximum Gasteiger partial charge on any atom is 0.303 e. The molecule has 162 valence electrons. The summed E-state index contributed by atoms with van der Waals surface area (Å²) in [4.78, 5) is 44.3. The first-order valence-corrected chi connectivity index (χ1v) is 9.55. The molecule has 12 nitrogen and oxygen atoms in total. The number of hydrogen-bond acceptors (Lipinski definition) is 13. The molecule has 3 rings (SSSR count). The van der Waals surface area contributed by atoms with Gasteiger partial charge in [0.15, 0.2) is 24.3 Å². The predicted molar refractivity (Wildman–Crippen MR) is 102 cm³/mol. The van der Waals surface area contributed by atoms with Gasteiger partial charge < -0.3 is 29.8 Å². The number of ether oxygens (including phenoxy) is 4. The van der Waals surface area contributed by atoms with Gasteiger partial charge in [0.2, 0.25) is 11.8 Å². The van der Waals surface area contributed by atoms with E-state index in [0.29, 0.717) is 5.03 Å². The van der Waals surface area contributed by atoms with Gasteiger partial charge >= 0.3 is 17.9 Å². The minimum absolute atomic E-state index is 0.187. The van der Waals surface area contributed by atoms with Crippen LogP contribution in [0.5, 0.6) is 5.88 Å². The average molecular weight is 440 g/mol. The number of esters is 3. The third-order valence-electron chi connectivity index (χ3n) is 4.16. The standard InChI is InChI=1S/C17H20N4O8S/c1-6-21(14-13(30-6)15(25)20-17(18)19-14)16-12(28-9(4)24)11(27-8(3)23)10(29-16)5-26-7(2)22/h10-12,16H,1,5H2,2-4H3,(H3,18,19,20,25)/t10-,11+,12-,16-/m1/s1. The van der Waals surface area contributed by atoms with Gasteiger partial charge in [0.25, 0.3) is 0 Å². The molecular weight excluding hydrogens is 420 g/mol. The van der Waals surface area contributed by atoms with Gasteiger partial charge in [0.05, 0.1) is 5.03 Å². The first-order chi connectivity index (χ1) is 14.1. The van der Waals surface area contributed by atoms with Crippen molar-refractivity contribution in [3.8, 4) is 5.88 Å². The number of carbonyl (C=O) groups is 3. The number of nitrogen functional groups attached to an aromatic ring is 1. The number of fused-ring (bicyclic) bond motifs is 1. The number of aromatic nitrogens is 2. The molecule has 3 heterocycles. The lowest BCUT2D eigenvalue weighted by molar-refractivity contribution is -0.165. The summed E-state index contributed by atoms with van der Waals surface area (Å²) in [5.41, 5.74) is 5.65. The second kappa shape index (κ2) is 8.36. The van der Waals surface area contributed by atoms with E-state index in [1.54, 1.807) is 0 Å². The molecule has 0 spiro atoms. The molecule has 0 saturated carbocycles. The second-order valence-electron chi connectivity index (χ2n) is 6.44. The Balaban J connectivity index is 2.01. The molecule has 1 aromatic heterocycles.